The number of carbonyl (C=O) groups excluding carboxylic acids is 1. The Labute approximate surface area is 117 Å². The summed E-state index contributed by atoms with van der Waals surface area (Å²) >= 11 is 12.6. The maximum atomic E-state index is 11.5. The van der Waals surface area contributed by atoms with Gasteiger partial charge in [0.1, 0.15) is 4.83 Å². The van der Waals surface area contributed by atoms with Crippen molar-refractivity contribution in [1.82, 2.24) is 0 Å². The average Bonchev–Trinajstić information content (AvgIpc) is 2.27. The van der Waals surface area contributed by atoms with Crippen molar-refractivity contribution in [3.8, 4) is 0 Å². The molecule has 88 valence electrons. The van der Waals surface area contributed by atoms with Crippen LogP contribution in [-0.2, 0) is 9.53 Å². The van der Waals surface area contributed by atoms with E-state index in [0.29, 0.717) is 11.6 Å². The lowest BCUT2D eigenvalue weighted by atomic mass is 10.1. The predicted molar refractivity (Wildman–Crippen MR) is 72.5 cm³/mol. The van der Waals surface area contributed by atoms with Gasteiger partial charge in [-0.2, -0.15) is 0 Å². The lowest BCUT2D eigenvalue weighted by Crippen LogP contribution is -2.21. The second kappa shape index (κ2) is 6.62. The minimum Gasteiger partial charge on any atom is -0.465 e. The summed E-state index contributed by atoms with van der Waals surface area (Å²) in [6.07, 6.45) is 0. The highest BCUT2D eigenvalue weighted by atomic mass is 79.9. The van der Waals surface area contributed by atoms with Gasteiger partial charge in [0.25, 0.3) is 0 Å². The van der Waals surface area contributed by atoms with Gasteiger partial charge < -0.3 is 4.74 Å². The molecule has 0 unspecified atom stereocenters. The molecule has 0 aliphatic heterocycles. The van der Waals surface area contributed by atoms with E-state index in [0.717, 1.165) is 5.56 Å². The van der Waals surface area contributed by atoms with Crippen LogP contribution in [-0.4, -0.2) is 17.4 Å². The van der Waals surface area contributed by atoms with Crippen LogP contribution < -0.4 is 0 Å². The molecule has 0 aromatic heterocycles. The van der Waals surface area contributed by atoms with Gasteiger partial charge in [-0.15, -0.1) is 0 Å². The maximum Gasteiger partial charge on any atom is 0.321 e. The van der Waals surface area contributed by atoms with Crippen LogP contribution in [0.5, 0.6) is 0 Å². The number of hydrogen-bond donors (Lipinski definition) is 0. The SMILES string of the molecule is CCOC(=O)[C@H](Br)[C@H](Br)c1cccc(Cl)c1. The molecule has 0 saturated carbocycles. The molecule has 5 heteroatoms. The van der Waals surface area contributed by atoms with Crippen LogP contribution in [0.2, 0.25) is 5.02 Å². The fourth-order valence-electron chi connectivity index (χ4n) is 1.19. The van der Waals surface area contributed by atoms with Gasteiger partial charge in [-0.05, 0) is 24.6 Å². The Hall–Kier alpha value is -0.0600. The molecule has 0 saturated heterocycles. The normalized spacial score (nSPS) is 14.2. The van der Waals surface area contributed by atoms with Gasteiger partial charge >= 0.3 is 5.97 Å². The summed E-state index contributed by atoms with van der Waals surface area (Å²) in [7, 11) is 0. The molecule has 2 atom stereocenters. The van der Waals surface area contributed by atoms with Gasteiger partial charge in [0, 0.05) is 5.02 Å². The van der Waals surface area contributed by atoms with Crippen molar-refractivity contribution >= 4 is 49.4 Å². The molecule has 0 N–H and O–H groups in total. The molecule has 1 aromatic carbocycles. The van der Waals surface area contributed by atoms with Crippen molar-refractivity contribution in [3.05, 3.63) is 34.9 Å². The number of ether oxygens (including phenoxy) is 1. The van der Waals surface area contributed by atoms with Crippen molar-refractivity contribution in [2.75, 3.05) is 6.61 Å². The van der Waals surface area contributed by atoms with Crippen molar-refractivity contribution in [1.29, 1.82) is 0 Å². The standard InChI is InChI=1S/C11H11Br2ClO2/c1-2-16-11(15)10(13)9(12)7-4-3-5-8(14)6-7/h3-6,9-10H,2H2,1H3/t9-,10-/m1/s1. The molecule has 16 heavy (non-hydrogen) atoms. The first-order valence-electron chi connectivity index (χ1n) is 4.76. The third-order valence-corrected chi connectivity index (χ3v) is 4.84. The van der Waals surface area contributed by atoms with Crippen LogP contribution in [0.15, 0.2) is 24.3 Å². The van der Waals surface area contributed by atoms with Crippen molar-refractivity contribution in [3.63, 3.8) is 0 Å². The highest BCUT2D eigenvalue weighted by Crippen LogP contribution is 2.33. The monoisotopic (exact) mass is 368 g/mol. The number of esters is 1. The number of carbonyl (C=O) groups is 1. The fraction of sp³-hybridized carbons (Fsp3) is 0.364. The van der Waals surface area contributed by atoms with E-state index in [9.17, 15) is 4.79 Å². The number of rotatable bonds is 4. The first-order chi connectivity index (χ1) is 7.56. The van der Waals surface area contributed by atoms with E-state index in [1.807, 2.05) is 18.2 Å². The second-order valence-corrected chi connectivity index (χ2v) is 5.52. The average molecular weight is 370 g/mol. The first-order valence-corrected chi connectivity index (χ1v) is 6.97. The largest absolute Gasteiger partial charge is 0.465 e. The summed E-state index contributed by atoms with van der Waals surface area (Å²) in [6, 6.07) is 7.35. The van der Waals surface area contributed by atoms with Crippen molar-refractivity contribution in [2.45, 2.75) is 16.6 Å². The van der Waals surface area contributed by atoms with Crippen LogP contribution in [0.4, 0.5) is 0 Å². The van der Waals surface area contributed by atoms with Crippen LogP contribution in [0.3, 0.4) is 0 Å². The zero-order chi connectivity index (χ0) is 12.1. The third kappa shape index (κ3) is 3.75. The lowest BCUT2D eigenvalue weighted by Gasteiger charge is -2.15. The van der Waals surface area contributed by atoms with Gasteiger partial charge in [0.15, 0.2) is 0 Å². The molecule has 0 bridgehead atoms. The second-order valence-electron chi connectivity index (χ2n) is 3.11. The van der Waals surface area contributed by atoms with Crippen molar-refractivity contribution in [2.24, 2.45) is 0 Å². The predicted octanol–water partition coefficient (Wildman–Crippen LogP) is 4.10. The molecule has 0 radical (unpaired) electrons. The molecular formula is C11H11Br2ClO2. The Morgan fingerprint density at radius 1 is 1.50 bits per heavy atom. The third-order valence-electron chi connectivity index (χ3n) is 1.94. The molecule has 0 heterocycles. The number of benzene rings is 1. The van der Waals surface area contributed by atoms with Gasteiger partial charge in [-0.1, -0.05) is 55.6 Å². The lowest BCUT2D eigenvalue weighted by molar-refractivity contribution is -0.142. The molecule has 0 aliphatic carbocycles. The summed E-state index contributed by atoms with van der Waals surface area (Å²) in [5.74, 6) is -0.288. The molecule has 1 aromatic rings. The highest BCUT2D eigenvalue weighted by Gasteiger charge is 2.26. The molecule has 0 spiro atoms. The summed E-state index contributed by atoms with van der Waals surface area (Å²) in [4.78, 5) is 10.9. The smallest absolute Gasteiger partial charge is 0.321 e. The van der Waals surface area contributed by atoms with Gasteiger partial charge in [-0.3, -0.25) is 4.79 Å². The molecule has 0 fully saturated rings. The zero-order valence-electron chi connectivity index (χ0n) is 8.62. The van der Waals surface area contributed by atoms with E-state index in [-0.39, 0.29) is 10.8 Å². The quantitative estimate of drug-likeness (QED) is 0.589. The van der Waals surface area contributed by atoms with Crippen LogP contribution in [0, 0.1) is 0 Å². The van der Waals surface area contributed by atoms with Crippen LogP contribution in [0.1, 0.15) is 17.3 Å². The van der Waals surface area contributed by atoms with Gasteiger partial charge in [0.05, 0.1) is 11.4 Å². The Morgan fingerprint density at radius 3 is 2.75 bits per heavy atom. The number of halogens is 3. The summed E-state index contributed by atoms with van der Waals surface area (Å²) < 4.78 is 4.93. The minimum absolute atomic E-state index is 0.162. The van der Waals surface area contributed by atoms with Gasteiger partial charge in [-0.25, -0.2) is 0 Å². The topological polar surface area (TPSA) is 26.3 Å². The molecule has 0 amide bonds. The van der Waals surface area contributed by atoms with Crippen LogP contribution in [0.25, 0.3) is 0 Å². The van der Waals surface area contributed by atoms with E-state index in [1.54, 1.807) is 13.0 Å². The zero-order valence-corrected chi connectivity index (χ0v) is 12.5. The summed E-state index contributed by atoms with van der Waals surface area (Å²) in [5.41, 5.74) is 0.933. The molecule has 1 rings (SSSR count). The van der Waals surface area contributed by atoms with Crippen LogP contribution >= 0.6 is 43.5 Å². The van der Waals surface area contributed by atoms with E-state index >= 15 is 0 Å². The van der Waals surface area contributed by atoms with E-state index in [1.165, 1.54) is 0 Å². The Balaban J connectivity index is 2.77. The highest BCUT2D eigenvalue weighted by molar-refractivity contribution is 9.12. The molecule has 2 nitrogen and oxygen atoms in total. The molecule has 0 aliphatic rings. The fourth-order valence-corrected chi connectivity index (χ4v) is 2.33. The van der Waals surface area contributed by atoms with E-state index in [2.05, 4.69) is 31.9 Å². The number of alkyl halides is 2. The maximum absolute atomic E-state index is 11.5. The Morgan fingerprint density at radius 2 is 2.19 bits per heavy atom. The number of hydrogen-bond acceptors (Lipinski definition) is 2. The Bertz CT molecular complexity index is 371. The van der Waals surface area contributed by atoms with E-state index < -0.39 is 4.83 Å². The van der Waals surface area contributed by atoms with Gasteiger partial charge in [0.2, 0.25) is 0 Å². The molecular weight excluding hydrogens is 359 g/mol. The first kappa shape index (κ1) is 14.0. The Kier molecular flexibility index (Phi) is 5.79. The summed E-state index contributed by atoms with van der Waals surface area (Å²) in [6.45, 7) is 2.15. The van der Waals surface area contributed by atoms with E-state index in [4.69, 9.17) is 16.3 Å². The summed E-state index contributed by atoms with van der Waals surface area (Å²) in [5, 5.41) is 0.644. The minimum atomic E-state index is -0.425. The van der Waals surface area contributed by atoms with Crippen molar-refractivity contribution < 1.29 is 9.53 Å².